The van der Waals surface area contributed by atoms with Crippen molar-refractivity contribution < 1.29 is 49.1 Å². The summed E-state index contributed by atoms with van der Waals surface area (Å²) in [6.07, 6.45) is 0. The van der Waals surface area contributed by atoms with Gasteiger partial charge in [-0.15, -0.1) is 37.2 Å². The molecule has 0 amide bonds. The first kappa shape index (κ1) is 38.8. The number of esters is 1. The Bertz CT molecular complexity index is 776. The van der Waals surface area contributed by atoms with Gasteiger partial charge >= 0.3 is 29.8 Å². The fraction of sp³-hybridized carbons (Fsp3) is 0.476. The molecule has 13 nitrogen and oxygen atoms in total. The molecule has 37 heavy (non-hydrogen) atoms. The van der Waals surface area contributed by atoms with Crippen molar-refractivity contribution in [3.05, 3.63) is 35.9 Å². The molecule has 0 atom stereocenters. The van der Waals surface area contributed by atoms with Gasteiger partial charge in [-0.3, -0.25) is 38.7 Å². The number of nitrogens with zero attached hydrogens (tertiary/aromatic N) is 3. The largest absolute Gasteiger partial charge is 0.480 e. The molecule has 212 valence electrons. The Hall–Kier alpha value is -2.68. The summed E-state index contributed by atoms with van der Waals surface area (Å²) in [6.45, 7) is -2.21. The number of hydrogen-bond donors (Lipinski definition) is 4. The van der Waals surface area contributed by atoms with Crippen LogP contribution in [0.25, 0.3) is 0 Å². The zero-order chi connectivity index (χ0) is 25.5. The molecule has 0 spiro atoms. The maximum absolute atomic E-state index is 12.4. The lowest BCUT2D eigenvalue weighted by Gasteiger charge is -2.27. The fourth-order valence-corrected chi connectivity index (χ4v) is 3.00. The molecule has 1 aromatic carbocycles. The van der Waals surface area contributed by atoms with Crippen molar-refractivity contribution in [1.82, 2.24) is 14.7 Å². The Morgan fingerprint density at radius 1 is 0.568 bits per heavy atom. The van der Waals surface area contributed by atoms with E-state index < -0.39 is 56.0 Å². The quantitative estimate of drug-likeness (QED) is 0.170. The summed E-state index contributed by atoms with van der Waals surface area (Å²) in [5, 5.41) is 36.0. The number of carbonyl (C=O) groups excluding carboxylic acids is 1. The van der Waals surface area contributed by atoms with E-state index in [2.05, 4.69) is 0 Å². The zero-order valence-corrected chi connectivity index (χ0v) is 22.2. The van der Waals surface area contributed by atoms with E-state index in [9.17, 15) is 24.0 Å². The van der Waals surface area contributed by atoms with Crippen molar-refractivity contribution in [2.75, 3.05) is 58.9 Å². The van der Waals surface area contributed by atoms with Crippen LogP contribution >= 0.6 is 37.2 Å². The van der Waals surface area contributed by atoms with Gasteiger partial charge < -0.3 is 25.2 Å². The highest BCUT2D eigenvalue weighted by molar-refractivity contribution is 5.86. The molecule has 0 saturated heterocycles. The molecule has 1 aromatic rings. The second-order valence-electron chi connectivity index (χ2n) is 7.42. The van der Waals surface area contributed by atoms with Crippen LogP contribution in [0.3, 0.4) is 0 Å². The lowest BCUT2D eigenvalue weighted by atomic mass is 10.2. The van der Waals surface area contributed by atoms with Crippen LogP contribution in [0.4, 0.5) is 0 Å². The number of carboxylic acid groups (broad SMARTS) is 4. The van der Waals surface area contributed by atoms with E-state index in [-0.39, 0.29) is 76.6 Å². The maximum atomic E-state index is 12.4. The summed E-state index contributed by atoms with van der Waals surface area (Å²) in [5.41, 5.74) is 0.769. The molecule has 0 aliphatic rings. The molecule has 0 aliphatic carbocycles. The molecule has 0 radical (unpaired) electrons. The van der Waals surface area contributed by atoms with Crippen LogP contribution in [-0.2, 0) is 35.3 Å². The highest BCUT2D eigenvalue weighted by Gasteiger charge is 2.20. The van der Waals surface area contributed by atoms with Crippen LogP contribution in [0.15, 0.2) is 30.3 Å². The molecule has 4 N–H and O–H groups in total. The first-order chi connectivity index (χ1) is 16.0. The monoisotopic (exact) mass is 591 g/mol. The average molecular weight is 593 g/mol. The van der Waals surface area contributed by atoms with Gasteiger partial charge in [0.1, 0.15) is 6.61 Å². The highest BCUT2D eigenvalue weighted by atomic mass is 35.5. The summed E-state index contributed by atoms with van der Waals surface area (Å²) in [4.78, 5) is 60.3. The summed E-state index contributed by atoms with van der Waals surface area (Å²) < 4.78 is 5.25. The van der Waals surface area contributed by atoms with Gasteiger partial charge in [-0.25, -0.2) is 0 Å². The molecule has 16 heteroatoms. The van der Waals surface area contributed by atoms with Crippen LogP contribution < -0.4 is 0 Å². The van der Waals surface area contributed by atoms with Gasteiger partial charge in [-0.05, 0) is 5.56 Å². The molecule has 0 heterocycles. The van der Waals surface area contributed by atoms with E-state index in [1.807, 2.05) is 6.07 Å². The first-order valence-corrected chi connectivity index (χ1v) is 10.3. The fourth-order valence-electron chi connectivity index (χ4n) is 3.00. The van der Waals surface area contributed by atoms with Gasteiger partial charge in [0.25, 0.3) is 0 Å². The minimum atomic E-state index is -1.22. The normalized spacial score (nSPS) is 10.1. The Balaban J connectivity index is -0.00000385. The molecule has 0 aliphatic heterocycles. The van der Waals surface area contributed by atoms with Gasteiger partial charge in [-0.1, -0.05) is 30.3 Å². The van der Waals surface area contributed by atoms with E-state index in [1.165, 1.54) is 14.7 Å². The van der Waals surface area contributed by atoms with Gasteiger partial charge in [0.15, 0.2) is 0 Å². The van der Waals surface area contributed by atoms with Crippen molar-refractivity contribution in [2.45, 2.75) is 6.61 Å². The number of rotatable bonds is 18. The Morgan fingerprint density at radius 3 is 1.27 bits per heavy atom. The first-order valence-electron chi connectivity index (χ1n) is 10.3. The maximum Gasteiger partial charge on any atom is 0.320 e. The number of halogens is 3. The standard InChI is InChI=1S/C21H29N3O10.3ClH/c25-17(26)10-23(11-18(27)28)8-6-22(7-9-24(12-19(29)30)13-20(31)32)14-21(33)34-15-16-4-2-1-3-5-16;;;/h1-5H,6-15H2,(H,25,26)(H,27,28)(H,29,30)(H,31,32);3*1H. The lowest BCUT2D eigenvalue weighted by molar-refractivity contribution is -0.147. The molecular weight excluding hydrogens is 561 g/mol. The van der Waals surface area contributed by atoms with Crippen LogP contribution in [0.5, 0.6) is 0 Å². The van der Waals surface area contributed by atoms with Crippen LogP contribution in [0.2, 0.25) is 0 Å². The van der Waals surface area contributed by atoms with Crippen molar-refractivity contribution >= 4 is 67.1 Å². The Morgan fingerprint density at radius 2 is 0.919 bits per heavy atom. The molecule has 0 saturated carbocycles. The highest BCUT2D eigenvalue weighted by Crippen LogP contribution is 2.02. The van der Waals surface area contributed by atoms with Gasteiger partial charge in [0, 0.05) is 26.2 Å². The summed E-state index contributed by atoms with van der Waals surface area (Å²) in [6, 6.07) is 8.93. The average Bonchev–Trinajstić information content (AvgIpc) is 2.73. The summed E-state index contributed by atoms with van der Waals surface area (Å²) >= 11 is 0. The van der Waals surface area contributed by atoms with E-state index in [0.717, 1.165) is 5.56 Å². The minimum Gasteiger partial charge on any atom is -0.480 e. The Labute approximate surface area is 232 Å². The smallest absolute Gasteiger partial charge is 0.320 e. The van der Waals surface area contributed by atoms with Crippen molar-refractivity contribution in [2.24, 2.45) is 0 Å². The lowest BCUT2D eigenvalue weighted by Crippen LogP contribution is -2.45. The third-order valence-electron chi connectivity index (χ3n) is 4.50. The summed E-state index contributed by atoms with van der Waals surface area (Å²) in [5.74, 6) is -5.48. The molecule has 0 aromatic heterocycles. The minimum absolute atomic E-state index is 0. The summed E-state index contributed by atoms with van der Waals surface area (Å²) in [7, 11) is 0. The molecule has 0 unspecified atom stereocenters. The second kappa shape index (κ2) is 21.4. The predicted octanol–water partition coefficient (Wildman–Crippen LogP) is 0.240. The number of carboxylic acids is 4. The third kappa shape index (κ3) is 20.1. The van der Waals surface area contributed by atoms with Crippen molar-refractivity contribution in [3.8, 4) is 0 Å². The topological polar surface area (TPSA) is 185 Å². The van der Waals surface area contributed by atoms with Crippen molar-refractivity contribution in [1.29, 1.82) is 0 Å². The molecule has 1 rings (SSSR count). The predicted molar refractivity (Wildman–Crippen MR) is 138 cm³/mol. The van der Waals surface area contributed by atoms with Gasteiger partial charge in [0.2, 0.25) is 0 Å². The third-order valence-corrected chi connectivity index (χ3v) is 4.50. The van der Waals surface area contributed by atoms with E-state index in [0.29, 0.717) is 0 Å². The SMILES string of the molecule is Cl.Cl.Cl.O=C(O)CN(CCN(CCN(CC(=O)O)CC(=O)O)CC(=O)OCc1ccccc1)CC(=O)O. The van der Waals surface area contributed by atoms with E-state index in [4.69, 9.17) is 25.2 Å². The van der Waals surface area contributed by atoms with E-state index in [1.54, 1.807) is 24.3 Å². The molecular formula is C21H32Cl3N3O10. The number of hydrogen-bond acceptors (Lipinski definition) is 9. The van der Waals surface area contributed by atoms with Gasteiger partial charge in [-0.2, -0.15) is 0 Å². The van der Waals surface area contributed by atoms with Gasteiger partial charge in [0.05, 0.1) is 32.7 Å². The zero-order valence-electron chi connectivity index (χ0n) is 19.8. The Kier molecular flexibility index (Phi) is 22.5. The van der Waals surface area contributed by atoms with E-state index >= 15 is 0 Å². The molecule has 0 bridgehead atoms. The number of carbonyl (C=O) groups is 5. The van der Waals surface area contributed by atoms with Crippen LogP contribution in [-0.4, -0.2) is 124 Å². The van der Waals surface area contributed by atoms with Crippen molar-refractivity contribution in [3.63, 3.8) is 0 Å². The molecule has 0 fully saturated rings. The van der Waals surface area contributed by atoms with Crippen LogP contribution in [0, 0.1) is 0 Å². The number of benzene rings is 1. The number of aliphatic carboxylic acids is 4. The number of ether oxygens (including phenoxy) is 1. The second-order valence-corrected chi connectivity index (χ2v) is 7.42. The van der Waals surface area contributed by atoms with Crippen LogP contribution in [0.1, 0.15) is 5.56 Å².